The van der Waals surface area contributed by atoms with Gasteiger partial charge in [-0.25, -0.2) is 0 Å². The Morgan fingerprint density at radius 2 is 2.06 bits per heavy atom. The van der Waals surface area contributed by atoms with Crippen LogP contribution in [0.4, 0.5) is 0 Å². The Bertz CT molecular complexity index is 252. The Kier molecular flexibility index (Phi) is 6.73. The van der Waals surface area contributed by atoms with Crippen LogP contribution < -0.4 is 5.73 Å². The Morgan fingerprint density at radius 3 is 2.44 bits per heavy atom. The third-order valence-corrected chi connectivity index (χ3v) is 2.08. The number of nitrogens with zero attached hydrogens (tertiary/aromatic N) is 1. The van der Waals surface area contributed by atoms with Gasteiger partial charge in [-0.1, -0.05) is 0 Å². The Hall–Kier alpha value is -0.500. The number of esters is 1. The second-order valence-corrected chi connectivity index (χ2v) is 5.23. The highest BCUT2D eigenvalue weighted by molar-refractivity contribution is 7.79. The summed E-state index contributed by atoms with van der Waals surface area (Å²) in [5.41, 5.74) is 4.75. The Morgan fingerprint density at radius 1 is 1.50 bits per heavy atom. The zero-order valence-electron chi connectivity index (χ0n) is 9.89. The minimum absolute atomic E-state index is 0.0670. The summed E-state index contributed by atoms with van der Waals surface area (Å²) >= 11 is -2.22. The van der Waals surface area contributed by atoms with Crippen LogP contribution in [-0.2, 0) is 20.6 Å². The normalized spacial score (nSPS) is 13.9. The number of carbonyl (C=O) groups is 1. The van der Waals surface area contributed by atoms with Crippen molar-refractivity contribution < 1.29 is 18.3 Å². The SMILES string of the molecule is CC(C)(C)OC(=O)CN(CCN)CS(=O)[O-]. The molecular weight excluding hydrogens is 232 g/mol. The third-order valence-electron chi connectivity index (χ3n) is 1.51. The maximum Gasteiger partial charge on any atom is 0.320 e. The van der Waals surface area contributed by atoms with E-state index in [0.717, 1.165) is 0 Å². The molecule has 0 rings (SSSR count). The van der Waals surface area contributed by atoms with E-state index in [9.17, 15) is 13.6 Å². The van der Waals surface area contributed by atoms with Crippen LogP contribution in [0.5, 0.6) is 0 Å². The average molecular weight is 251 g/mol. The fourth-order valence-electron chi connectivity index (χ4n) is 1.08. The van der Waals surface area contributed by atoms with Crippen molar-refractivity contribution in [2.75, 3.05) is 25.5 Å². The maximum absolute atomic E-state index is 11.4. The van der Waals surface area contributed by atoms with E-state index in [0.29, 0.717) is 13.1 Å². The molecule has 0 spiro atoms. The predicted octanol–water partition coefficient (Wildman–Crippen LogP) is -0.575. The van der Waals surface area contributed by atoms with Crippen LogP contribution in [-0.4, -0.2) is 50.7 Å². The van der Waals surface area contributed by atoms with E-state index in [1.165, 1.54) is 4.90 Å². The highest BCUT2D eigenvalue weighted by Crippen LogP contribution is 2.07. The van der Waals surface area contributed by atoms with Crippen LogP contribution in [0.25, 0.3) is 0 Å². The molecule has 0 radical (unpaired) electrons. The summed E-state index contributed by atoms with van der Waals surface area (Å²) in [7, 11) is 0. The smallest absolute Gasteiger partial charge is 0.320 e. The molecule has 0 aromatic rings. The molecule has 0 bridgehead atoms. The van der Waals surface area contributed by atoms with Crippen molar-refractivity contribution >= 4 is 17.0 Å². The number of rotatable bonds is 6. The summed E-state index contributed by atoms with van der Waals surface area (Å²) in [5.74, 6) is -0.664. The molecule has 0 saturated carbocycles. The lowest BCUT2D eigenvalue weighted by atomic mass is 10.2. The van der Waals surface area contributed by atoms with Crippen LogP contribution in [0.2, 0.25) is 0 Å². The van der Waals surface area contributed by atoms with Crippen molar-refractivity contribution in [3.63, 3.8) is 0 Å². The van der Waals surface area contributed by atoms with Crippen LogP contribution in [0.3, 0.4) is 0 Å². The van der Waals surface area contributed by atoms with Crippen molar-refractivity contribution in [1.29, 1.82) is 0 Å². The van der Waals surface area contributed by atoms with Gasteiger partial charge in [0.1, 0.15) is 5.60 Å². The minimum atomic E-state index is -2.22. The molecule has 96 valence electrons. The molecule has 0 amide bonds. The molecule has 16 heavy (non-hydrogen) atoms. The second-order valence-electron chi connectivity index (χ2n) is 4.36. The lowest BCUT2D eigenvalue weighted by Gasteiger charge is -2.25. The van der Waals surface area contributed by atoms with E-state index in [1.807, 2.05) is 0 Å². The molecule has 1 unspecified atom stereocenters. The van der Waals surface area contributed by atoms with Gasteiger partial charge in [0.25, 0.3) is 0 Å². The van der Waals surface area contributed by atoms with Crippen LogP contribution in [0.1, 0.15) is 20.8 Å². The van der Waals surface area contributed by atoms with E-state index in [4.69, 9.17) is 10.5 Å². The lowest BCUT2D eigenvalue weighted by Crippen LogP contribution is -2.39. The van der Waals surface area contributed by atoms with Gasteiger partial charge in [-0.2, -0.15) is 0 Å². The van der Waals surface area contributed by atoms with Crippen LogP contribution in [0, 0.1) is 0 Å². The van der Waals surface area contributed by atoms with E-state index >= 15 is 0 Å². The first-order chi connectivity index (χ1) is 7.24. The molecule has 2 N–H and O–H groups in total. The van der Waals surface area contributed by atoms with Crippen molar-refractivity contribution in [2.24, 2.45) is 5.73 Å². The van der Waals surface area contributed by atoms with Gasteiger partial charge < -0.3 is 15.0 Å². The number of hydrogen-bond donors (Lipinski definition) is 1. The zero-order chi connectivity index (χ0) is 12.8. The zero-order valence-corrected chi connectivity index (χ0v) is 10.7. The molecule has 0 aromatic carbocycles. The van der Waals surface area contributed by atoms with Gasteiger partial charge >= 0.3 is 5.97 Å². The highest BCUT2D eigenvalue weighted by Gasteiger charge is 2.18. The molecule has 1 atom stereocenters. The first-order valence-electron chi connectivity index (χ1n) is 4.94. The van der Waals surface area contributed by atoms with Crippen molar-refractivity contribution in [3.8, 4) is 0 Å². The fourth-order valence-corrected chi connectivity index (χ4v) is 1.60. The van der Waals surface area contributed by atoms with Crippen molar-refractivity contribution in [3.05, 3.63) is 0 Å². The standard InChI is InChI=1S/C9H20N2O4S/c1-9(2,3)15-8(12)6-11(5-4-10)7-16(13)14/h4-7,10H2,1-3H3,(H,13,14)/p-1. The maximum atomic E-state index is 11.4. The average Bonchev–Trinajstić information content (AvgIpc) is 1.98. The molecule has 6 nitrogen and oxygen atoms in total. The Labute approximate surface area is 98.4 Å². The summed E-state index contributed by atoms with van der Waals surface area (Å²) in [6, 6.07) is 0. The van der Waals surface area contributed by atoms with Crippen molar-refractivity contribution in [1.82, 2.24) is 4.90 Å². The van der Waals surface area contributed by atoms with Crippen molar-refractivity contribution in [2.45, 2.75) is 26.4 Å². The Balaban J connectivity index is 4.17. The van der Waals surface area contributed by atoms with E-state index < -0.39 is 22.7 Å². The third kappa shape index (κ3) is 8.78. The van der Waals surface area contributed by atoms with Crippen LogP contribution >= 0.6 is 0 Å². The van der Waals surface area contributed by atoms with Gasteiger partial charge in [0.2, 0.25) is 0 Å². The lowest BCUT2D eigenvalue weighted by molar-refractivity contribution is -0.155. The molecule has 0 aliphatic carbocycles. The van der Waals surface area contributed by atoms with Crippen LogP contribution in [0.15, 0.2) is 0 Å². The monoisotopic (exact) mass is 251 g/mol. The second kappa shape index (κ2) is 6.95. The van der Waals surface area contributed by atoms with Gasteiger partial charge in [-0.3, -0.25) is 13.9 Å². The first-order valence-corrected chi connectivity index (χ1v) is 6.19. The van der Waals surface area contributed by atoms with Gasteiger partial charge in [-0.05, 0) is 31.9 Å². The summed E-state index contributed by atoms with van der Waals surface area (Å²) in [4.78, 5) is 12.8. The quantitative estimate of drug-likeness (QED) is 0.501. The van der Waals surface area contributed by atoms with E-state index in [-0.39, 0.29) is 12.4 Å². The van der Waals surface area contributed by atoms with E-state index in [1.54, 1.807) is 20.8 Å². The predicted molar refractivity (Wildman–Crippen MR) is 60.3 cm³/mol. The number of nitrogens with two attached hydrogens (primary N) is 1. The number of hydrogen-bond acceptors (Lipinski definition) is 6. The molecule has 0 saturated heterocycles. The molecule has 0 fully saturated rings. The summed E-state index contributed by atoms with van der Waals surface area (Å²) in [5, 5.41) is 0. The summed E-state index contributed by atoms with van der Waals surface area (Å²) in [6.07, 6.45) is 0. The number of carbonyl (C=O) groups excluding carboxylic acids is 1. The topological polar surface area (TPSA) is 95.7 Å². The van der Waals surface area contributed by atoms with Gasteiger partial charge in [0.05, 0.1) is 12.4 Å². The molecule has 0 heterocycles. The van der Waals surface area contributed by atoms with Gasteiger partial charge in [-0.15, -0.1) is 0 Å². The molecule has 7 heteroatoms. The first kappa shape index (κ1) is 15.5. The molecule has 0 aliphatic heterocycles. The number of ether oxygens (including phenoxy) is 1. The molecule has 0 aromatic heterocycles. The fraction of sp³-hybridized carbons (Fsp3) is 0.889. The molecular formula is C9H19N2O4S-. The summed E-state index contributed by atoms with van der Waals surface area (Å²) < 4.78 is 26.1. The summed E-state index contributed by atoms with van der Waals surface area (Å²) in [6.45, 7) is 5.83. The highest BCUT2D eigenvalue weighted by atomic mass is 32.2. The van der Waals surface area contributed by atoms with E-state index in [2.05, 4.69) is 0 Å². The molecule has 0 aliphatic rings. The van der Waals surface area contributed by atoms with Gasteiger partial charge in [0, 0.05) is 13.1 Å². The van der Waals surface area contributed by atoms with Gasteiger partial charge in [0.15, 0.2) is 0 Å². The minimum Gasteiger partial charge on any atom is -0.771 e. The largest absolute Gasteiger partial charge is 0.771 e.